The van der Waals surface area contributed by atoms with E-state index in [-0.39, 0.29) is 5.92 Å². The summed E-state index contributed by atoms with van der Waals surface area (Å²) in [6.07, 6.45) is -4.29. The summed E-state index contributed by atoms with van der Waals surface area (Å²) < 4.78 is 39.6. The van der Waals surface area contributed by atoms with E-state index in [1.54, 1.807) is 19.9 Å². The Morgan fingerprint density at radius 1 is 1.05 bits per heavy atom. The maximum Gasteiger partial charge on any atom is 0.416 e. The third-order valence-electron chi connectivity index (χ3n) is 3.83. The van der Waals surface area contributed by atoms with E-state index in [0.29, 0.717) is 11.3 Å². The molecule has 0 saturated carbocycles. The van der Waals surface area contributed by atoms with Crippen molar-refractivity contribution in [2.45, 2.75) is 25.9 Å². The molecule has 0 amide bonds. The van der Waals surface area contributed by atoms with Gasteiger partial charge in [0, 0.05) is 31.9 Å². The number of likely N-dealkylation sites (N-methyl/N-ethyl adjacent to an activating group) is 1. The summed E-state index contributed by atoms with van der Waals surface area (Å²) in [7, 11) is 2.03. The predicted octanol–water partition coefficient (Wildman–Crippen LogP) is 3.58. The van der Waals surface area contributed by atoms with Crippen LogP contribution in [-0.4, -0.2) is 38.1 Å². The van der Waals surface area contributed by atoms with Crippen LogP contribution >= 0.6 is 0 Å². The van der Waals surface area contributed by atoms with Gasteiger partial charge in [-0.2, -0.15) is 13.2 Å². The molecular formula is C15H21F3N2. The molecule has 112 valence electrons. The summed E-state index contributed by atoms with van der Waals surface area (Å²) in [5, 5.41) is 0. The van der Waals surface area contributed by atoms with Crippen molar-refractivity contribution < 1.29 is 13.2 Å². The molecule has 0 spiro atoms. The third kappa shape index (κ3) is 3.26. The molecule has 1 saturated heterocycles. The van der Waals surface area contributed by atoms with Gasteiger partial charge in [-0.05, 0) is 30.7 Å². The molecule has 1 fully saturated rings. The topological polar surface area (TPSA) is 6.48 Å². The van der Waals surface area contributed by atoms with E-state index in [4.69, 9.17) is 0 Å². The van der Waals surface area contributed by atoms with E-state index in [1.165, 1.54) is 6.07 Å². The maximum absolute atomic E-state index is 13.2. The molecule has 0 aliphatic carbocycles. The first-order chi connectivity index (χ1) is 9.29. The molecule has 1 aromatic carbocycles. The van der Waals surface area contributed by atoms with Crippen LogP contribution in [0.4, 0.5) is 18.9 Å². The van der Waals surface area contributed by atoms with E-state index in [0.717, 1.165) is 26.2 Å². The normalized spacial score (nSPS) is 17.9. The Balaban J connectivity index is 2.32. The predicted molar refractivity (Wildman–Crippen MR) is 75.2 cm³/mol. The van der Waals surface area contributed by atoms with E-state index < -0.39 is 11.7 Å². The second-order valence-corrected chi connectivity index (χ2v) is 5.71. The molecule has 0 unspecified atom stereocenters. The molecule has 0 bridgehead atoms. The van der Waals surface area contributed by atoms with E-state index in [9.17, 15) is 13.2 Å². The summed E-state index contributed by atoms with van der Waals surface area (Å²) in [6, 6.07) is 4.75. The zero-order chi connectivity index (χ0) is 14.9. The standard InChI is InChI=1S/C15H21F3N2/c1-11(2)13-5-4-12(10-14(13)15(16,17)18)20-8-6-19(3)7-9-20/h4-5,10-11H,6-9H2,1-3H3. The fraction of sp³-hybridized carbons (Fsp3) is 0.600. The van der Waals surface area contributed by atoms with Crippen molar-refractivity contribution in [3.05, 3.63) is 29.3 Å². The summed E-state index contributed by atoms with van der Waals surface area (Å²) in [4.78, 5) is 4.21. The first kappa shape index (κ1) is 15.2. The van der Waals surface area contributed by atoms with Crippen LogP contribution in [0.1, 0.15) is 30.9 Å². The van der Waals surface area contributed by atoms with Crippen molar-refractivity contribution in [3.8, 4) is 0 Å². The zero-order valence-corrected chi connectivity index (χ0v) is 12.2. The highest BCUT2D eigenvalue weighted by molar-refractivity contribution is 5.53. The van der Waals surface area contributed by atoms with Gasteiger partial charge in [-0.25, -0.2) is 0 Å². The van der Waals surface area contributed by atoms with Crippen LogP contribution in [0, 0.1) is 0 Å². The third-order valence-corrected chi connectivity index (χ3v) is 3.83. The molecule has 1 aliphatic rings. The van der Waals surface area contributed by atoms with Gasteiger partial charge in [0.25, 0.3) is 0 Å². The quantitative estimate of drug-likeness (QED) is 0.820. The molecule has 0 aromatic heterocycles. The molecule has 1 heterocycles. The van der Waals surface area contributed by atoms with Crippen LogP contribution in [0.3, 0.4) is 0 Å². The van der Waals surface area contributed by atoms with Crippen LogP contribution in [-0.2, 0) is 6.18 Å². The number of nitrogens with zero attached hydrogens (tertiary/aromatic N) is 2. The lowest BCUT2D eigenvalue weighted by molar-refractivity contribution is -0.138. The van der Waals surface area contributed by atoms with Crippen molar-refractivity contribution in [3.63, 3.8) is 0 Å². The first-order valence-corrected chi connectivity index (χ1v) is 6.93. The molecular weight excluding hydrogens is 265 g/mol. The van der Waals surface area contributed by atoms with Gasteiger partial charge in [-0.15, -0.1) is 0 Å². The van der Waals surface area contributed by atoms with Gasteiger partial charge in [-0.3, -0.25) is 0 Å². The van der Waals surface area contributed by atoms with Crippen molar-refractivity contribution in [1.82, 2.24) is 4.90 Å². The number of rotatable bonds is 2. The SMILES string of the molecule is CC(C)c1ccc(N2CCN(C)CC2)cc1C(F)(F)F. The fourth-order valence-electron chi connectivity index (χ4n) is 2.55. The number of halogens is 3. The van der Waals surface area contributed by atoms with Crippen LogP contribution < -0.4 is 4.90 Å². The number of piperazine rings is 1. The number of alkyl halides is 3. The molecule has 2 nitrogen and oxygen atoms in total. The second-order valence-electron chi connectivity index (χ2n) is 5.71. The molecule has 1 aromatic rings. The van der Waals surface area contributed by atoms with Crippen molar-refractivity contribution >= 4 is 5.69 Å². The number of anilines is 1. The maximum atomic E-state index is 13.2. The Hall–Kier alpha value is -1.23. The first-order valence-electron chi connectivity index (χ1n) is 6.93. The fourth-order valence-corrected chi connectivity index (χ4v) is 2.55. The molecule has 0 radical (unpaired) electrons. The highest BCUT2D eigenvalue weighted by Crippen LogP contribution is 2.37. The lowest BCUT2D eigenvalue weighted by Gasteiger charge is -2.34. The van der Waals surface area contributed by atoms with Crippen LogP contribution in [0.15, 0.2) is 18.2 Å². The van der Waals surface area contributed by atoms with Crippen molar-refractivity contribution in [2.75, 3.05) is 38.1 Å². The average Bonchev–Trinajstić information content (AvgIpc) is 2.38. The largest absolute Gasteiger partial charge is 0.416 e. The Labute approximate surface area is 118 Å². The van der Waals surface area contributed by atoms with Crippen molar-refractivity contribution in [2.24, 2.45) is 0 Å². The summed E-state index contributed by atoms with van der Waals surface area (Å²) >= 11 is 0. The molecule has 1 aliphatic heterocycles. The summed E-state index contributed by atoms with van der Waals surface area (Å²) in [5.74, 6) is -0.131. The molecule has 20 heavy (non-hydrogen) atoms. The van der Waals surface area contributed by atoms with Gasteiger partial charge < -0.3 is 9.80 Å². The lowest BCUT2D eigenvalue weighted by atomic mass is 9.96. The molecule has 5 heteroatoms. The minimum atomic E-state index is -4.29. The van der Waals surface area contributed by atoms with Gasteiger partial charge >= 0.3 is 6.18 Å². The van der Waals surface area contributed by atoms with E-state index >= 15 is 0 Å². The number of hydrogen-bond donors (Lipinski definition) is 0. The smallest absolute Gasteiger partial charge is 0.369 e. The highest BCUT2D eigenvalue weighted by atomic mass is 19.4. The monoisotopic (exact) mass is 286 g/mol. The Morgan fingerprint density at radius 3 is 2.15 bits per heavy atom. The van der Waals surface area contributed by atoms with Gasteiger partial charge in [0.15, 0.2) is 0 Å². The Bertz CT molecular complexity index is 461. The molecule has 0 N–H and O–H groups in total. The zero-order valence-electron chi connectivity index (χ0n) is 12.2. The van der Waals surface area contributed by atoms with E-state index in [2.05, 4.69) is 4.90 Å². The van der Waals surface area contributed by atoms with Gasteiger partial charge in [0.1, 0.15) is 0 Å². The minimum Gasteiger partial charge on any atom is -0.369 e. The summed E-state index contributed by atoms with van der Waals surface area (Å²) in [6.45, 7) is 6.89. The molecule has 0 atom stereocenters. The van der Waals surface area contributed by atoms with Crippen LogP contribution in [0.2, 0.25) is 0 Å². The van der Waals surface area contributed by atoms with Gasteiger partial charge in [0.05, 0.1) is 5.56 Å². The Kier molecular flexibility index (Phi) is 4.28. The lowest BCUT2D eigenvalue weighted by Crippen LogP contribution is -2.44. The van der Waals surface area contributed by atoms with Crippen molar-refractivity contribution in [1.29, 1.82) is 0 Å². The average molecular weight is 286 g/mol. The van der Waals surface area contributed by atoms with Crippen LogP contribution in [0.25, 0.3) is 0 Å². The summed E-state index contributed by atoms with van der Waals surface area (Å²) in [5.41, 5.74) is 0.550. The highest BCUT2D eigenvalue weighted by Gasteiger charge is 2.34. The van der Waals surface area contributed by atoms with Gasteiger partial charge in [0.2, 0.25) is 0 Å². The number of hydrogen-bond acceptors (Lipinski definition) is 2. The van der Waals surface area contributed by atoms with E-state index in [1.807, 2.05) is 18.0 Å². The van der Waals surface area contributed by atoms with Gasteiger partial charge in [-0.1, -0.05) is 19.9 Å². The number of benzene rings is 1. The second kappa shape index (κ2) is 5.64. The Morgan fingerprint density at radius 2 is 1.65 bits per heavy atom. The van der Waals surface area contributed by atoms with Crippen LogP contribution in [0.5, 0.6) is 0 Å². The molecule has 2 rings (SSSR count). The minimum absolute atomic E-state index is 0.131.